The molecule has 1 aromatic rings. The number of hydrogen-bond donors (Lipinski definition) is 2. The SMILES string of the molecule is Cl.Cn1nccc1CNC(=O)CC1CSCCN1. The van der Waals surface area contributed by atoms with Crippen LogP contribution < -0.4 is 10.6 Å². The van der Waals surface area contributed by atoms with E-state index in [1.807, 2.05) is 24.9 Å². The largest absolute Gasteiger partial charge is 0.350 e. The number of amides is 1. The van der Waals surface area contributed by atoms with Crippen molar-refractivity contribution in [1.82, 2.24) is 20.4 Å². The Balaban J connectivity index is 0.00000162. The predicted octanol–water partition coefficient (Wildman–Crippen LogP) is 0.553. The number of rotatable bonds is 4. The average molecular weight is 291 g/mol. The number of aryl methyl sites for hydroxylation is 1. The molecule has 1 aliphatic rings. The molecule has 1 atom stereocenters. The van der Waals surface area contributed by atoms with Crippen LogP contribution in [0.4, 0.5) is 0 Å². The van der Waals surface area contributed by atoms with Crippen molar-refractivity contribution in [2.75, 3.05) is 18.1 Å². The van der Waals surface area contributed by atoms with Crippen molar-refractivity contribution in [1.29, 1.82) is 0 Å². The fourth-order valence-corrected chi connectivity index (χ4v) is 2.76. The van der Waals surface area contributed by atoms with Crippen molar-refractivity contribution >= 4 is 30.1 Å². The summed E-state index contributed by atoms with van der Waals surface area (Å²) in [5, 5.41) is 10.3. The van der Waals surface area contributed by atoms with E-state index in [9.17, 15) is 4.79 Å². The van der Waals surface area contributed by atoms with E-state index in [1.54, 1.807) is 10.9 Å². The Morgan fingerprint density at radius 1 is 1.72 bits per heavy atom. The first-order valence-corrected chi connectivity index (χ1v) is 6.96. The molecule has 2 heterocycles. The van der Waals surface area contributed by atoms with Gasteiger partial charge in [0, 0.05) is 43.8 Å². The Hall–Kier alpha value is -0.720. The maximum atomic E-state index is 11.7. The number of hydrogen-bond acceptors (Lipinski definition) is 4. The number of carbonyl (C=O) groups is 1. The molecule has 1 unspecified atom stereocenters. The smallest absolute Gasteiger partial charge is 0.221 e. The lowest BCUT2D eigenvalue weighted by molar-refractivity contribution is -0.121. The molecular weight excluding hydrogens is 272 g/mol. The molecule has 1 fully saturated rings. The molecule has 18 heavy (non-hydrogen) atoms. The van der Waals surface area contributed by atoms with Crippen molar-refractivity contribution in [3.8, 4) is 0 Å². The molecule has 1 amide bonds. The summed E-state index contributed by atoms with van der Waals surface area (Å²) in [4.78, 5) is 11.7. The highest BCUT2D eigenvalue weighted by molar-refractivity contribution is 7.99. The summed E-state index contributed by atoms with van der Waals surface area (Å²) in [6.45, 7) is 1.56. The number of nitrogens with zero attached hydrogens (tertiary/aromatic N) is 2. The molecule has 0 aromatic carbocycles. The highest BCUT2D eigenvalue weighted by atomic mass is 35.5. The topological polar surface area (TPSA) is 59.0 Å². The Morgan fingerprint density at radius 3 is 3.17 bits per heavy atom. The van der Waals surface area contributed by atoms with Crippen LogP contribution in [0.15, 0.2) is 12.3 Å². The fourth-order valence-electron chi connectivity index (χ4n) is 1.81. The molecule has 0 radical (unpaired) electrons. The molecule has 0 spiro atoms. The van der Waals surface area contributed by atoms with E-state index in [0.717, 1.165) is 23.7 Å². The maximum Gasteiger partial charge on any atom is 0.221 e. The van der Waals surface area contributed by atoms with E-state index in [1.165, 1.54) is 0 Å². The van der Waals surface area contributed by atoms with Crippen LogP contribution in [0.5, 0.6) is 0 Å². The van der Waals surface area contributed by atoms with E-state index in [-0.39, 0.29) is 18.3 Å². The van der Waals surface area contributed by atoms with Crippen LogP contribution in [-0.4, -0.2) is 39.8 Å². The number of thioether (sulfide) groups is 1. The molecule has 2 N–H and O–H groups in total. The van der Waals surface area contributed by atoms with Crippen molar-refractivity contribution < 1.29 is 4.79 Å². The number of nitrogens with one attached hydrogen (secondary N) is 2. The Labute approximate surface area is 117 Å². The Kier molecular flexibility index (Phi) is 6.52. The molecular formula is C11H19ClN4OS. The highest BCUT2D eigenvalue weighted by Crippen LogP contribution is 2.10. The van der Waals surface area contributed by atoms with Gasteiger partial charge in [0.15, 0.2) is 0 Å². The van der Waals surface area contributed by atoms with Crippen molar-refractivity contribution in [2.24, 2.45) is 7.05 Å². The van der Waals surface area contributed by atoms with Gasteiger partial charge in [-0.3, -0.25) is 9.48 Å². The number of carbonyl (C=O) groups excluding carboxylic acids is 1. The maximum absolute atomic E-state index is 11.7. The first-order chi connectivity index (χ1) is 8.25. The minimum Gasteiger partial charge on any atom is -0.350 e. The minimum absolute atomic E-state index is 0. The predicted molar refractivity (Wildman–Crippen MR) is 76.0 cm³/mol. The second-order valence-corrected chi connectivity index (χ2v) is 5.30. The summed E-state index contributed by atoms with van der Waals surface area (Å²) in [5.41, 5.74) is 1.02. The first kappa shape index (κ1) is 15.3. The third-order valence-electron chi connectivity index (χ3n) is 2.82. The lowest BCUT2D eigenvalue weighted by Crippen LogP contribution is -2.41. The second kappa shape index (κ2) is 7.66. The summed E-state index contributed by atoms with van der Waals surface area (Å²) in [6, 6.07) is 2.23. The minimum atomic E-state index is 0. The zero-order chi connectivity index (χ0) is 12.1. The van der Waals surface area contributed by atoms with E-state index in [4.69, 9.17) is 0 Å². The van der Waals surface area contributed by atoms with Gasteiger partial charge in [0.1, 0.15) is 0 Å². The van der Waals surface area contributed by atoms with Crippen molar-refractivity contribution in [3.05, 3.63) is 18.0 Å². The van der Waals surface area contributed by atoms with Gasteiger partial charge in [-0.05, 0) is 6.07 Å². The molecule has 0 saturated carbocycles. The van der Waals surface area contributed by atoms with E-state index >= 15 is 0 Å². The lowest BCUT2D eigenvalue weighted by atomic mass is 10.2. The Morgan fingerprint density at radius 2 is 2.56 bits per heavy atom. The highest BCUT2D eigenvalue weighted by Gasteiger charge is 2.16. The van der Waals surface area contributed by atoms with Gasteiger partial charge in [-0.1, -0.05) is 0 Å². The molecule has 0 bridgehead atoms. The summed E-state index contributed by atoms with van der Waals surface area (Å²) < 4.78 is 1.77. The molecule has 7 heteroatoms. The molecule has 0 aliphatic carbocycles. The summed E-state index contributed by atoms with van der Waals surface area (Å²) in [6.07, 6.45) is 2.30. The van der Waals surface area contributed by atoms with Gasteiger partial charge in [-0.25, -0.2) is 0 Å². The van der Waals surface area contributed by atoms with Gasteiger partial charge in [-0.2, -0.15) is 16.9 Å². The van der Waals surface area contributed by atoms with Crippen LogP contribution >= 0.6 is 24.2 Å². The van der Waals surface area contributed by atoms with Gasteiger partial charge < -0.3 is 10.6 Å². The molecule has 102 valence electrons. The standard InChI is InChI=1S/C11H18N4OS.ClH/c1-15-10(2-3-14-15)7-13-11(16)6-9-8-17-5-4-12-9;/h2-3,9,12H,4-8H2,1H3,(H,13,16);1H. The quantitative estimate of drug-likeness (QED) is 0.850. The van der Waals surface area contributed by atoms with Gasteiger partial charge in [0.2, 0.25) is 5.91 Å². The van der Waals surface area contributed by atoms with Crippen LogP contribution in [0, 0.1) is 0 Å². The average Bonchev–Trinajstić information content (AvgIpc) is 2.74. The van der Waals surface area contributed by atoms with Gasteiger partial charge in [0.05, 0.1) is 12.2 Å². The second-order valence-electron chi connectivity index (χ2n) is 4.15. The van der Waals surface area contributed by atoms with Crippen LogP contribution in [0.25, 0.3) is 0 Å². The number of halogens is 1. The zero-order valence-electron chi connectivity index (χ0n) is 10.4. The third-order valence-corrected chi connectivity index (χ3v) is 3.95. The van der Waals surface area contributed by atoms with Gasteiger partial charge in [-0.15, -0.1) is 12.4 Å². The monoisotopic (exact) mass is 290 g/mol. The zero-order valence-corrected chi connectivity index (χ0v) is 12.0. The van der Waals surface area contributed by atoms with Crippen molar-refractivity contribution in [2.45, 2.75) is 19.0 Å². The fraction of sp³-hybridized carbons (Fsp3) is 0.636. The van der Waals surface area contributed by atoms with Crippen LogP contribution in [0.1, 0.15) is 12.1 Å². The Bertz CT molecular complexity index is 379. The first-order valence-electron chi connectivity index (χ1n) is 5.80. The third kappa shape index (κ3) is 4.51. The number of aromatic nitrogens is 2. The summed E-state index contributed by atoms with van der Waals surface area (Å²) >= 11 is 1.91. The molecule has 5 nitrogen and oxygen atoms in total. The normalized spacial score (nSPS) is 19.1. The molecule has 2 rings (SSSR count). The van der Waals surface area contributed by atoms with Crippen LogP contribution in [0.3, 0.4) is 0 Å². The van der Waals surface area contributed by atoms with E-state index in [2.05, 4.69) is 15.7 Å². The van der Waals surface area contributed by atoms with Crippen LogP contribution in [0.2, 0.25) is 0 Å². The van der Waals surface area contributed by atoms with E-state index in [0.29, 0.717) is 19.0 Å². The lowest BCUT2D eigenvalue weighted by Gasteiger charge is -2.22. The van der Waals surface area contributed by atoms with Gasteiger partial charge >= 0.3 is 0 Å². The van der Waals surface area contributed by atoms with Crippen LogP contribution in [-0.2, 0) is 18.4 Å². The summed E-state index contributed by atoms with van der Waals surface area (Å²) in [7, 11) is 1.88. The summed E-state index contributed by atoms with van der Waals surface area (Å²) in [5.74, 6) is 2.28. The molecule has 1 aromatic heterocycles. The van der Waals surface area contributed by atoms with Gasteiger partial charge in [0.25, 0.3) is 0 Å². The van der Waals surface area contributed by atoms with E-state index < -0.39 is 0 Å². The molecule has 1 saturated heterocycles. The van der Waals surface area contributed by atoms with Crippen molar-refractivity contribution in [3.63, 3.8) is 0 Å². The molecule has 1 aliphatic heterocycles.